The molecular weight excluding hydrogens is 116 g/mol. The zero-order valence-electron chi connectivity index (χ0n) is 6.05. The maximum atomic E-state index is 10.1. The van der Waals surface area contributed by atoms with Gasteiger partial charge in [-0.05, 0) is 5.92 Å². The first kappa shape index (κ1) is 8.47. The molecule has 2 nitrogen and oxygen atoms in total. The van der Waals surface area contributed by atoms with Crippen molar-refractivity contribution in [1.82, 2.24) is 0 Å². The van der Waals surface area contributed by atoms with Crippen LogP contribution in [0.3, 0.4) is 0 Å². The zero-order valence-corrected chi connectivity index (χ0v) is 6.05. The third kappa shape index (κ3) is 5.34. The van der Waals surface area contributed by atoms with Crippen LogP contribution >= 0.6 is 0 Å². The average molecular weight is 130 g/mol. The summed E-state index contributed by atoms with van der Waals surface area (Å²) >= 11 is 0. The summed E-state index contributed by atoms with van der Waals surface area (Å²) in [5.74, 6) is -0.344. The lowest BCUT2D eigenvalue weighted by molar-refractivity contribution is -0.138. The number of hydrogen-bond acceptors (Lipinski definition) is 1. The molecule has 0 fully saturated rings. The van der Waals surface area contributed by atoms with Crippen molar-refractivity contribution in [2.45, 2.75) is 33.1 Å². The molecule has 0 amide bonds. The molecule has 0 aliphatic heterocycles. The molecule has 0 heterocycles. The topological polar surface area (TPSA) is 37.3 Å². The van der Waals surface area contributed by atoms with Gasteiger partial charge in [-0.3, -0.25) is 4.79 Å². The zero-order chi connectivity index (χ0) is 7.28. The van der Waals surface area contributed by atoms with Crippen LogP contribution < -0.4 is 0 Å². The Balaban J connectivity index is 3.26. The lowest BCUT2D eigenvalue weighted by Crippen LogP contribution is -2.03. The maximum Gasteiger partial charge on any atom is 0.303 e. The van der Waals surface area contributed by atoms with Crippen LogP contribution in [0.25, 0.3) is 0 Å². The Hall–Kier alpha value is -0.530. The van der Waals surface area contributed by atoms with Crippen molar-refractivity contribution in [1.29, 1.82) is 0 Å². The van der Waals surface area contributed by atoms with E-state index >= 15 is 0 Å². The Morgan fingerprint density at radius 2 is 2.22 bits per heavy atom. The molecule has 9 heavy (non-hydrogen) atoms. The van der Waals surface area contributed by atoms with E-state index in [0.29, 0.717) is 12.3 Å². The molecule has 1 N–H and O–H groups in total. The number of rotatable bonds is 4. The maximum absolute atomic E-state index is 10.1. The molecule has 0 aromatic rings. The number of carbonyl (C=O) groups is 1. The Morgan fingerprint density at radius 1 is 1.67 bits per heavy atom. The quantitative estimate of drug-likeness (QED) is 0.631. The van der Waals surface area contributed by atoms with E-state index in [1.54, 1.807) is 0 Å². The molecule has 0 aromatic carbocycles. The van der Waals surface area contributed by atoms with Crippen LogP contribution in [0.2, 0.25) is 0 Å². The number of carboxylic acid groups (broad SMARTS) is 1. The molecule has 0 aliphatic rings. The van der Waals surface area contributed by atoms with Gasteiger partial charge in [0.1, 0.15) is 0 Å². The van der Waals surface area contributed by atoms with Crippen molar-refractivity contribution < 1.29 is 9.90 Å². The second kappa shape index (κ2) is 4.36. The third-order valence-corrected chi connectivity index (χ3v) is 1.30. The molecule has 0 aliphatic carbocycles. The van der Waals surface area contributed by atoms with Gasteiger partial charge in [-0.2, -0.15) is 0 Å². The van der Waals surface area contributed by atoms with E-state index in [4.69, 9.17) is 5.11 Å². The van der Waals surface area contributed by atoms with E-state index in [2.05, 4.69) is 6.92 Å². The summed E-state index contributed by atoms with van der Waals surface area (Å²) in [5, 5.41) is 8.31. The molecule has 0 rings (SSSR count). The second-order valence-corrected chi connectivity index (χ2v) is 2.49. The summed E-state index contributed by atoms with van der Waals surface area (Å²) < 4.78 is 0. The van der Waals surface area contributed by atoms with E-state index in [1.807, 2.05) is 6.92 Å². The van der Waals surface area contributed by atoms with Gasteiger partial charge in [-0.25, -0.2) is 0 Å². The molecule has 1 atom stereocenters. The first-order valence-corrected chi connectivity index (χ1v) is 3.38. The normalized spacial score (nSPS) is 13.1. The summed E-state index contributed by atoms with van der Waals surface area (Å²) in [4.78, 5) is 10.1. The van der Waals surface area contributed by atoms with Crippen LogP contribution in [0.15, 0.2) is 0 Å². The SMILES string of the molecule is CCCC(C)CC(=O)O. The average Bonchev–Trinajstić information content (AvgIpc) is 1.63. The summed E-state index contributed by atoms with van der Waals surface area (Å²) in [7, 11) is 0. The van der Waals surface area contributed by atoms with Crippen molar-refractivity contribution in [2.75, 3.05) is 0 Å². The van der Waals surface area contributed by atoms with Crippen LogP contribution in [0.4, 0.5) is 0 Å². The van der Waals surface area contributed by atoms with Gasteiger partial charge in [-0.15, -0.1) is 0 Å². The molecule has 0 aromatic heterocycles. The van der Waals surface area contributed by atoms with Crippen molar-refractivity contribution in [3.05, 3.63) is 0 Å². The highest BCUT2D eigenvalue weighted by Gasteiger charge is 2.04. The van der Waals surface area contributed by atoms with Gasteiger partial charge in [0, 0.05) is 6.42 Å². The fraction of sp³-hybridized carbons (Fsp3) is 0.857. The predicted molar refractivity (Wildman–Crippen MR) is 36.3 cm³/mol. The van der Waals surface area contributed by atoms with Crippen LogP contribution in [0.1, 0.15) is 33.1 Å². The molecule has 1 unspecified atom stereocenters. The summed E-state index contributed by atoms with van der Waals surface area (Å²) in [5.41, 5.74) is 0. The van der Waals surface area contributed by atoms with Gasteiger partial charge in [0.05, 0.1) is 0 Å². The van der Waals surface area contributed by atoms with Gasteiger partial charge in [0.15, 0.2) is 0 Å². The standard InChI is InChI=1S/C7H14O2/c1-3-4-6(2)5-7(8)9/h6H,3-5H2,1-2H3,(H,8,9). The minimum Gasteiger partial charge on any atom is -0.481 e. The Labute approximate surface area is 55.9 Å². The number of aliphatic carboxylic acids is 1. The molecule has 54 valence electrons. The fourth-order valence-corrected chi connectivity index (χ4v) is 0.893. The minimum atomic E-state index is -0.684. The number of hydrogen-bond donors (Lipinski definition) is 1. The largest absolute Gasteiger partial charge is 0.481 e. The smallest absolute Gasteiger partial charge is 0.303 e. The van der Waals surface area contributed by atoms with Crippen molar-refractivity contribution in [2.24, 2.45) is 5.92 Å². The third-order valence-electron chi connectivity index (χ3n) is 1.30. The van der Waals surface area contributed by atoms with E-state index in [-0.39, 0.29) is 0 Å². The van der Waals surface area contributed by atoms with Crippen LogP contribution in [0.5, 0.6) is 0 Å². The van der Waals surface area contributed by atoms with Gasteiger partial charge in [0.25, 0.3) is 0 Å². The lowest BCUT2D eigenvalue weighted by atomic mass is 10.0. The Morgan fingerprint density at radius 3 is 2.56 bits per heavy atom. The molecule has 0 saturated heterocycles. The monoisotopic (exact) mass is 130 g/mol. The van der Waals surface area contributed by atoms with Gasteiger partial charge >= 0.3 is 5.97 Å². The summed E-state index contributed by atoms with van der Waals surface area (Å²) in [6.45, 7) is 4.04. The van der Waals surface area contributed by atoms with Gasteiger partial charge in [0.2, 0.25) is 0 Å². The highest BCUT2D eigenvalue weighted by molar-refractivity contribution is 5.66. The van der Waals surface area contributed by atoms with Gasteiger partial charge < -0.3 is 5.11 Å². The minimum absolute atomic E-state index is 0.313. The lowest BCUT2D eigenvalue weighted by Gasteiger charge is -2.03. The van der Waals surface area contributed by atoms with Crippen molar-refractivity contribution in [3.63, 3.8) is 0 Å². The number of carboxylic acids is 1. The molecule has 0 saturated carbocycles. The summed E-state index contributed by atoms with van der Waals surface area (Å²) in [6.07, 6.45) is 2.41. The molecule has 0 radical (unpaired) electrons. The first-order valence-electron chi connectivity index (χ1n) is 3.38. The first-order chi connectivity index (χ1) is 4.16. The van der Waals surface area contributed by atoms with Crippen LogP contribution in [-0.4, -0.2) is 11.1 Å². The second-order valence-electron chi connectivity index (χ2n) is 2.49. The van der Waals surface area contributed by atoms with E-state index in [1.165, 1.54) is 0 Å². The van der Waals surface area contributed by atoms with Crippen LogP contribution in [-0.2, 0) is 4.79 Å². The summed E-state index contributed by atoms with van der Waals surface area (Å²) in [6, 6.07) is 0. The van der Waals surface area contributed by atoms with E-state index < -0.39 is 5.97 Å². The van der Waals surface area contributed by atoms with Gasteiger partial charge in [-0.1, -0.05) is 26.7 Å². The predicted octanol–water partition coefficient (Wildman–Crippen LogP) is 1.90. The van der Waals surface area contributed by atoms with E-state index in [9.17, 15) is 4.79 Å². The van der Waals surface area contributed by atoms with Crippen LogP contribution in [0, 0.1) is 5.92 Å². The molecule has 2 heteroatoms. The molecular formula is C7H14O2. The highest BCUT2D eigenvalue weighted by atomic mass is 16.4. The Bertz CT molecular complexity index is 88.9. The van der Waals surface area contributed by atoms with Crippen molar-refractivity contribution >= 4 is 5.97 Å². The highest BCUT2D eigenvalue weighted by Crippen LogP contribution is 2.08. The molecule has 0 bridgehead atoms. The van der Waals surface area contributed by atoms with Crippen molar-refractivity contribution in [3.8, 4) is 0 Å². The Kier molecular flexibility index (Phi) is 4.10. The fourth-order valence-electron chi connectivity index (χ4n) is 0.893. The van der Waals surface area contributed by atoms with E-state index in [0.717, 1.165) is 12.8 Å². The molecule has 0 spiro atoms.